The maximum Gasteiger partial charge on any atom is 0.402 e. The summed E-state index contributed by atoms with van der Waals surface area (Å²) in [5, 5.41) is 0. The van der Waals surface area contributed by atoms with Crippen LogP contribution in [0.1, 0.15) is 32.8 Å². The van der Waals surface area contributed by atoms with Gasteiger partial charge in [-0.25, -0.2) is 0 Å². The fraction of sp³-hybridized carbons (Fsp3) is 0.562. The Balaban J connectivity index is 3.00. The third-order valence-corrected chi connectivity index (χ3v) is 3.55. The summed E-state index contributed by atoms with van der Waals surface area (Å²) in [4.78, 5) is 11.6. The molecule has 1 unspecified atom stereocenters. The molecule has 6 heteroatoms. The van der Waals surface area contributed by atoms with Gasteiger partial charge in [-0.2, -0.15) is 13.2 Å². The SMILES string of the molecule is CCOC(=O)C(CC(C)(C)c1ccc(OC)cc1)C(F)(F)F. The summed E-state index contributed by atoms with van der Waals surface area (Å²) in [5.41, 5.74) is -0.133. The number of halogens is 3. The molecule has 1 aromatic rings. The second-order valence-corrected chi connectivity index (χ2v) is 5.66. The molecular formula is C16H21F3O3. The van der Waals surface area contributed by atoms with Gasteiger partial charge >= 0.3 is 12.1 Å². The smallest absolute Gasteiger partial charge is 0.402 e. The first-order chi connectivity index (χ1) is 10.1. The van der Waals surface area contributed by atoms with Crippen molar-refractivity contribution in [2.24, 2.45) is 5.92 Å². The van der Waals surface area contributed by atoms with Crippen LogP contribution in [-0.2, 0) is 14.9 Å². The highest BCUT2D eigenvalue weighted by Crippen LogP contribution is 2.39. The van der Waals surface area contributed by atoms with Gasteiger partial charge in [0, 0.05) is 0 Å². The lowest BCUT2D eigenvalue weighted by molar-refractivity contribution is -0.200. The number of benzene rings is 1. The largest absolute Gasteiger partial charge is 0.497 e. The molecule has 0 amide bonds. The van der Waals surface area contributed by atoms with E-state index < -0.39 is 23.5 Å². The molecule has 0 saturated carbocycles. The van der Waals surface area contributed by atoms with Crippen LogP contribution in [0.5, 0.6) is 5.75 Å². The third kappa shape index (κ3) is 4.64. The molecule has 0 aromatic heterocycles. The van der Waals surface area contributed by atoms with Gasteiger partial charge in [-0.15, -0.1) is 0 Å². The third-order valence-electron chi connectivity index (χ3n) is 3.55. The molecule has 0 radical (unpaired) electrons. The first kappa shape index (κ1) is 18.3. The Morgan fingerprint density at radius 1 is 1.18 bits per heavy atom. The molecule has 0 N–H and O–H groups in total. The van der Waals surface area contributed by atoms with E-state index >= 15 is 0 Å². The summed E-state index contributed by atoms with van der Waals surface area (Å²) in [6.45, 7) is 4.76. The lowest BCUT2D eigenvalue weighted by Gasteiger charge is -2.30. The topological polar surface area (TPSA) is 35.5 Å². The lowest BCUT2D eigenvalue weighted by atomic mass is 9.77. The van der Waals surface area contributed by atoms with Crippen LogP contribution in [0.3, 0.4) is 0 Å². The Morgan fingerprint density at radius 2 is 1.73 bits per heavy atom. The second kappa shape index (κ2) is 7.03. The van der Waals surface area contributed by atoms with Crippen molar-refractivity contribution in [1.82, 2.24) is 0 Å². The molecule has 0 aliphatic rings. The summed E-state index contributed by atoms with van der Waals surface area (Å²) < 4.78 is 49.0. The van der Waals surface area contributed by atoms with Crippen molar-refractivity contribution in [2.75, 3.05) is 13.7 Å². The zero-order valence-corrected chi connectivity index (χ0v) is 13.2. The van der Waals surface area contributed by atoms with Gasteiger partial charge in [0.05, 0.1) is 13.7 Å². The van der Waals surface area contributed by atoms with Crippen molar-refractivity contribution in [3.05, 3.63) is 29.8 Å². The minimum Gasteiger partial charge on any atom is -0.497 e. The highest BCUT2D eigenvalue weighted by Gasteiger charge is 2.48. The number of alkyl halides is 3. The summed E-state index contributed by atoms with van der Waals surface area (Å²) in [7, 11) is 1.51. The van der Waals surface area contributed by atoms with Crippen LogP contribution in [0.2, 0.25) is 0 Å². The van der Waals surface area contributed by atoms with Crippen LogP contribution in [0.4, 0.5) is 13.2 Å². The van der Waals surface area contributed by atoms with E-state index in [1.54, 1.807) is 38.1 Å². The molecule has 22 heavy (non-hydrogen) atoms. The van der Waals surface area contributed by atoms with Crippen LogP contribution < -0.4 is 4.74 Å². The average molecular weight is 318 g/mol. The number of esters is 1. The minimum absolute atomic E-state index is 0.0750. The predicted molar refractivity (Wildman–Crippen MR) is 76.8 cm³/mol. The summed E-state index contributed by atoms with van der Waals surface area (Å²) in [6.07, 6.45) is -5.00. The van der Waals surface area contributed by atoms with Crippen molar-refractivity contribution in [2.45, 2.75) is 38.8 Å². The zero-order chi connectivity index (χ0) is 17.0. The van der Waals surface area contributed by atoms with Gasteiger partial charge in [0.25, 0.3) is 0 Å². The highest BCUT2D eigenvalue weighted by atomic mass is 19.4. The van der Waals surface area contributed by atoms with Crippen LogP contribution in [0, 0.1) is 5.92 Å². The molecule has 0 aliphatic carbocycles. The second-order valence-electron chi connectivity index (χ2n) is 5.66. The molecule has 1 rings (SSSR count). The molecule has 1 aromatic carbocycles. The van der Waals surface area contributed by atoms with Gasteiger partial charge in [0.1, 0.15) is 5.75 Å². The fourth-order valence-corrected chi connectivity index (χ4v) is 2.25. The predicted octanol–water partition coefficient (Wildman–Crippen LogP) is 4.10. The Labute approximate surface area is 128 Å². The molecule has 124 valence electrons. The number of hydrogen-bond acceptors (Lipinski definition) is 3. The Hall–Kier alpha value is -1.72. The van der Waals surface area contributed by atoms with Crippen molar-refractivity contribution in [3.8, 4) is 5.75 Å². The molecule has 0 spiro atoms. The fourth-order valence-electron chi connectivity index (χ4n) is 2.25. The van der Waals surface area contributed by atoms with E-state index in [-0.39, 0.29) is 13.0 Å². The Morgan fingerprint density at radius 3 is 2.14 bits per heavy atom. The van der Waals surface area contributed by atoms with E-state index in [1.165, 1.54) is 14.0 Å². The normalized spacial score (nSPS) is 13.6. The number of rotatable bonds is 6. The maximum atomic E-state index is 13.1. The first-order valence-electron chi connectivity index (χ1n) is 6.99. The van der Waals surface area contributed by atoms with Crippen LogP contribution in [-0.4, -0.2) is 25.9 Å². The van der Waals surface area contributed by atoms with Crippen molar-refractivity contribution >= 4 is 5.97 Å². The number of carbonyl (C=O) groups excluding carboxylic acids is 1. The summed E-state index contributed by atoms with van der Waals surface area (Å²) >= 11 is 0. The first-order valence-corrected chi connectivity index (χ1v) is 6.99. The van der Waals surface area contributed by atoms with E-state index in [4.69, 9.17) is 4.74 Å². The van der Waals surface area contributed by atoms with Gasteiger partial charge in [-0.3, -0.25) is 4.79 Å². The molecule has 0 heterocycles. The van der Waals surface area contributed by atoms with Crippen molar-refractivity contribution in [3.63, 3.8) is 0 Å². The summed E-state index contributed by atoms with van der Waals surface area (Å²) in [6, 6.07) is 6.78. The van der Waals surface area contributed by atoms with Crippen LogP contribution in [0.25, 0.3) is 0 Å². The molecule has 0 aliphatic heterocycles. The standard InChI is InChI=1S/C16H21F3O3/c1-5-22-14(20)13(16(17,18)19)10-15(2,3)11-6-8-12(21-4)9-7-11/h6-9,13H,5,10H2,1-4H3. The monoisotopic (exact) mass is 318 g/mol. The maximum absolute atomic E-state index is 13.1. The molecule has 0 saturated heterocycles. The van der Waals surface area contributed by atoms with E-state index in [0.717, 1.165) is 0 Å². The van der Waals surface area contributed by atoms with E-state index in [0.29, 0.717) is 11.3 Å². The number of ether oxygens (including phenoxy) is 2. The van der Waals surface area contributed by atoms with Crippen molar-refractivity contribution in [1.29, 1.82) is 0 Å². The summed E-state index contributed by atoms with van der Waals surface area (Å²) in [5.74, 6) is -2.74. The number of hydrogen-bond donors (Lipinski definition) is 0. The number of methoxy groups -OCH3 is 1. The van der Waals surface area contributed by atoms with Gasteiger partial charge in [0.2, 0.25) is 0 Å². The lowest BCUT2D eigenvalue weighted by Crippen LogP contribution is -2.37. The van der Waals surface area contributed by atoms with Crippen LogP contribution >= 0.6 is 0 Å². The van der Waals surface area contributed by atoms with Crippen molar-refractivity contribution < 1.29 is 27.4 Å². The van der Waals surface area contributed by atoms with E-state index in [9.17, 15) is 18.0 Å². The Bertz CT molecular complexity index is 492. The molecule has 0 fully saturated rings. The van der Waals surface area contributed by atoms with Gasteiger partial charge < -0.3 is 9.47 Å². The number of carbonyl (C=O) groups is 1. The van der Waals surface area contributed by atoms with Gasteiger partial charge in [-0.05, 0) is 36.5 Å². The minimum atomic E-state index is -4.63. The molecule has 0 bridgehead atoms. The van der Waals surface area contributed by atoms with Gasteiger partial charge in [0.15, 0.2) is 5.92 Å². The quantitative estimate of drug-likeness (QED) is 0.741. The van der Waals surface area contributed by atoms with Gasteiger partial charge in [-0.1, -0.05) is 26.0 Å². The van der Waals surface area contributed by atoms with Crippen LogP contribution in [0.15, 0.2) is 24.3 Å². The zero-order valence-electron chi connectivity index (χ0n) is 13.2. The molecule has 3 nitrogen and oxygen atoms in total. The van der Waals surface area contributed by atoms with E-state index in [1.807, 2.05) is 0 Å². The molecule has 1 atom stereocenters. The van der Waals surface area contributed by atoms with E-state index in [2.05, 4.69) is 4.74 Å². The molecular weight excluding hydrogens is 297 g/mol. The highest BCUT2D eigenvalue weighted by molar-refractivity contribution is 5.73. The average Bonchev–Trinajstić information content (AvgIpc) is 2.44. The Kier molecular flexibility index (Phi) is 5.85.